The van der Waals surface area contributed by atoms with E-state index in [1.165, 1.54) is 16.8 Å². The number of hydrogen-bond acceptors (Lipinski definition) is 2. The van der Waals surface area contributed by atoms with E-state index in [0.717, 1.165) is 25.8 Å². The van der Waals surface area contributed by atoms with E-state index in [4.69, 9.17) is 5.11 Å². The molecule has 0 aliphatic heterocycles. The molecular weight excluding hydrogens is 222 g/mol. The molecule has 1 aromatic carbocycles. The molecule has 1 aromatic rings. The molecule has 2 heteroatoms. The van der Waals surface area contributed by atoms with Gasteiger partial charge in [0, 0.05) is 18.8 Å². The minimum absolute atomic E-state index is 0.284. The fraction of sp³-hybridized carbons (Fsp3) is 0.625. The van der Waals surface area contributed by atoms with Crippen LogP contribution >= 0.6 is 0 Å². The van der Waals surface area contributed by atoms with Crippen LogP contribution in [-0.4, -0.2) is 18.3 Å². The topological polar surface area (TPSA) is 32.3 Å². The van der Waals surface area contributed by atoms with Crippen molar-refractivity contribution >= 4 is 5.69 Å². The number of aliphatic hydroxyl groups is 1. The molecule has 0 saturated heterocycles. The lowest BCUT2D eigenvalue weighted by Crippen LogP contribution is -2.19. The third kappa shape index (κ3) is 5.54. The Kier molecular flexibility index (Phi) is 5.67. The van der Waals surface area contributed by atoms with Crippen molar-refractivity contribution in [1.82, 2.24) is 0 Å². The highest BCUT2D eigenvalue weighted by Crippen LogP contribution is 2.22. The quantitative estimate of drug-likeness (QED) is 0.752. The van der Waals surface area contributed by atoms with E-state index in [0.29, 0.717) is 0 Å². The standard InChI is InChI=1S/C16H27NO/c1-13-8-9-14(7-5-6-10-18)15(11-13)17-12-16(2,3)4/h8-9,11,17-18H,5-7,10,12H2,1-4H3. The van der Waals surface area contributed by atoms with E-state index < -0.39 is 0 Å². The Morgan fingerprint density at radius 3 is 2.50 bits per heavy atom. The van der Waals surface area contributed by atoms with Crippen LogP contribution in [0.5, 0.6) is 0 Å². The molecule has 0 atom stereocenters. The summed E-state index contributed by atoms with van der Waals surface area (Å²) in [5.41, 5.74) is 4.19. The Hall–Kier alpha value is -1.02. The lowest BCUT2D eigenvalue weighted by atomic mass is 9.96. The molecule has 0 aliphatic carbocycles. The third-order valence-corrected chi connectivity index (χ3v) is 2.93. The predicted molar refractivity (Wildman–Crippen MR) is 79.1 cm³/mol. The molecule has 0 aromatic heterocycles. The van der Waals surface area contributed by atoms with E-state index in [2.05, 4.69) is 51.2 Å². The number of benzene rings is 1. The number of aliphatic hydroxyl groups excluding tert-OH is 1. The predicted octanol–water partition coefficient (Wildman–Crippen LogP) is 3.77. The van der Waals surface area contributed by atoms with Crippen LogP contribution in [0.4, 0.5) is 5.69 Å². The van der Waals surface area contributed by atoms with Crippen molar-refractivity contribution in [3.05, 3.63) is 29.3 Å². The summed E-state index contributed by atoms with van der Waals surface area (Å²) < 4.78 is 0. The molecule has 2 nitrogen and oxygen atoms in total. The average Bonchev–Trinajstić information content (AvgIpc) is 2.28. The second-order valence-corrected chi connectivity index (χ2v) is 6.26. The van der Waals surface area contributed by atoms with Crippen molar-refractivity contribution < 1.29 is 5.11 Å². The van der Waals surface area contributed by atoms with Crippen molar-refractivity contribution in [2.75, 3.05) is 18.5 Å². The fourth-order valence-corrected chi connectivity index (χ4v) is 1.86. The van der Waals surface area contributed by atoms with Crippen LogP contribution in [0.25, 0.3) is 0 Å². The van der Waals surface area contributed by atoms with Gasteiger partial charge in [0.2, 0.25) is 0 Å². The third-order valence-electron chi connectivity index (χ3n) is 2.93. The molecule has 0 aliphatic rings. The van der Waals surface area contributed by atoms with Gasteiger partial charge in [0.05, 0.1) is 0 Å². The molecule has 0 spiro atoms. The number of unbranched alkanes of at least 4 members (excludes halogenated alkanes) is 1. The first-order chi connectivity index (χ1) is 8.42. The largest absolute Gasteiger partial charge is 0.396 e. The van der Waals surface area contributed by atoms with Crippen LogP contribution in [0.15, 0.2) is 18.2 Å². The first-order valence-electron chi connectivity index (χ1n) is 6.86. The van der Waals surface area contributed by atoms with E-state index >= 15 is 0 Å². The summed E-state index contributed by atoms with van der Waals surface area (Å²) in [4.78, 5) is 0. The summed E-state index contributed by atoms with van der Waals surface area (Å²) in [5, 5.41) is 12.4. The average molecular weight is 249 g/mol. The molecule has 0 bridgehead atoms. The van der Waals surface area contributed by atoms with Gasteiger partial charge in [-0.25, -0.2) is 0 Å². The van der Waals surface area contributed by atoms with E-state index in [9.17, 15) is 0 Å². The van der Waals surface area contributed by atoms with Crippen molar-refractivity contribution in [2.45, 2.75) is 47.0 Å². The number of aryl methyl sites for hydroxylation is 2. The summed E-state index contributed by atoms with van der Waals surface area (Å²) in [7, 11) is 0. The van der Waals surface area contributed by atoms with Gasteiger partial charge in [-0.2, -0.15) is 0 Å². The molecular formula is C16H27NO. The van der Waals surface area contributed by atoms with Gasteiger partial charge in [0.15, 0.2) is 0 Å². The van der Waals surface area contributed by atoms with E-state index in [-0.39, 0.29) is 12.0 Å². The Morgan fingerprint density at radius 2 is 1.89 bits per heavy atom. The summed E-state index contributed by atoms with van der Waals surface area (Å²) >= 11 is 0. The number of anilines is 1. The Morgan fingerprint density at radius 1 is 1.17 bits per heavy atom. The van der Waals surface area contributed by atoms with Gasteiger partial charge in [-0.05, 0) is 48.8 Å². The normalized spacial score (nSPS) is 11.6. The second kappa shape index (κ2) is 6.79. The van der Waals surface area contributed by atoms with Gasteiger partial charge in [-0.15, -0.1) is 0 Å². The van der Waals surface area contributed by atoms with Crippen LogP contribution < -0.4 is 5.32 Å². The Balaban J connectivity index is 2.70. The minimum atomic E-state index is 0.284. The van der Waals surface area contributed by atoms with Gasteiger partial charge < -0.3 is 10.4 Å². The molecule has 0 heterocycles. The highest BCUT2D eigenvalue weighted by molar-refractivity contribution is 5.53. The molecule has 102 valence electrons. The lowest BCUT2D eigenvalue weighted by Gasteiger charge is -2.21. The Bertz CT molecular complexity index is 366. The molecule has 0 fully saturated rings. The number of rotatable bonds is 6. The van der Waals surface area contributed by atoms with Gasteiger partial charge in [0.1, 0.15) is 0 Å². The van der Waals surface area contributed by atoms with E-state index in [1.54, 1.807) is 0 Å². The molecule has 0 amide bonds. The first-order valence-corrected chi connectivity index (χ1v) is 6.86. The van der Waals surface area contributed by atoms with Crippen LogP contribution in [0.3, 0.4) is 0 Å². The zero-order valence-corrected chi connectivity index (χ0v) is 12.2. The smallest absolute Gasteiger partial charge is 0.0431 e. The maximum atomic E-state index is 8.85. The molecule has 1 rings (SSSR count). The Labute approximate surface area is 111 Å². The van der Waals surface area contributed by atoms with Crippen molar-refractivity contribution in [3.63, 3.8) is 0 Å². The zero-order valence-electron chi connectivity index (χ0n) is 12.2. The molecule has 18 heavy (non-hydrogen) atoms. The van der Waals surface area contributed by atoms with E-state index in [1.807, 2.05) is 0 Å². The zero-order chi connectivity index (χ0) is 13.6. The summed E-state index contributed by atoms with van der Waals surface area (Å²) in [5.74, 6) is 0. The second-order valence-electron chi connectivity index (χ2n) is 6.26. The lowest BCUT2D eigenvalue weighted by molar-refractivity contribution is 0.284. The SMILES string of the molecule is Cc1ccc(CCCCO)c(NCC(C)(C)C)c1. The van der Waals surface area contributed by atoms with Crippen LogP contribution in [0.2, 0.25) is 0 Å². The highest BCUT2D eigenvalue weighted by atomic mass is 16.2. The maximum Gasteiger partial charge on any atom is 0.0431 e. The van der Waals surface area contributed by atoms with Gasteiger partial charge in [0.25, 0.3) is 0 Å². The number of hydrogen-bond donors (Lipinski definition) is 2. The molecule has 2 N–H and O–H groups in total. The monoisotopic (exact) mass is 249 g/mol. The first kappa shape index (κ1) is 15.0. The molecule has 0 unspecified atom stereocenters. The van der Waals surface area contributed by atoms with Crippen LogP contribution in [-0.2, 0) is 6.42 Å². The number of nitrogens with one attached hydrogen (secondary N) is 1. The summed E-state index contributed by atoms with van der Waals surface area (Å²) in [6.07, 6.45) is 2.96. The highest BCUT2D eigenvalue weighted by Gasteiger charge is 2.11. The fourth-order valence-electron chi connectivity index (χ4n) is 1.86. The van der Waals surface area contributed by atoms with Crippen LogP contribution in [0, 0.1) is 12.3 Å². The molecule has 0 saturated carbocycles. The molecule has 0 radical (unpaired) electrons. The van der Waals surface area contributed by atoms with Gasteiger partial charge in [-0.1, -0.05) is 32.9 Å². The van der Waals surface area contributed by atoms with Gasteiger partial charge in [-0.3, -0.25) is 0 Å². The minimum Gasteiger partial charge on any atom is -0.396 e. The maximum absolute atomic E-state index is 8.85. The van der Waals surface area contributed by atoms with Crippen LogP contribution in [0.1, 0.15) is 44.7 Å². The summed E-state index contributed by atoms with van der Waals surface area (Å²) in [6, 6.07) is 6.59. The van der Waals surface area contributed by atoms with Crippen molar-refractivity contribution in [3.8, 4) is 0 Å². The van der Waals surface area contributed by atoms with Gasteiger partial charge >= 0.3 is 0 Å². The van der Waals surface area contributed by atoms with Crippen molar-refractivity contribution in [2.24, 2.45) is 5.41 Å². The van der Waals surface area contributed by atoms with Crippen molar-refractivity contribution in [1.29, 1.82) is 0 Å². The summed E-state index contributed by atoms with van der Waals surface area (Å²) in [6.45, 7) is 10.1.